The predicted molar refractivity (Wildman–Crippen MR) is 101 cm³/mol. The molecule has 0 aliphatic heterocycles. The van der Waals surface area contributed by atoms with E-state index in [9.17, 15) is 4.79 Å². The van der Waals surface area contributed by atoms with Gasteiger partial charge in [-0.2, -0.15) is 0 Å². The first-order chi connectivity index (χ1) is 12.7. The van der Waals surface area contributed by atoms with Crippen molar-refractivity contribution in [1.29, 1.82) is 0 Å². The molecular weight excluding hydrogens is 330 g/mol. The van der Waals surface area contributed by atoms with Crippen LogP contribution in [0.5, 0.6) is 11.5 Å². The number of aromatic amines is 2. The van der Waals surface area contributed by atoms with Gasteiger partial charge >= 0.3 is 0 Å². The maximum Gasteiger partial charge on any atom is 0.274 e. The molecule has 0 amide bonds. The molecule has 130 valence electrons. The predicted octanol–water partition coefficient (Wildman–Crippen LogP) is 3.60. The number of methoxy groups -OCH3 is 2. The molecule has 2 aromatic carbocycles. The third-order valence-electron chi connectivity index (χ3n) is 4.31. The highest BCUT2D eigenvalue weighted by molar-refractivity contribution is 5.94. The van der Waals surface area contributed by atoms with Crippen molar-refractivity contribution in [3.8, 4) is 34.0 Å². The Hall–Kier alpha value is -3.54. The number of benzene rings is 2. The number of fused-ring (bicyclic) bond motifs is 1. The molecule has 0 aliphatic carbocycles. The lowest BCUT2D eigenvalue weighted by atomic mass is 10.1. The molecule has 4 rings (SSSR count). The van der Waals surface area contributed by atoms with E-state index in [4.69, 9.17) is 9.47 Å². The van der Waals surface area contributed by atoms with Gasteiger partial charge in [0.1, 0.15) is 5.69 Å². The first-order valence-electron chi connectivity index (χ1n) is 8.10. The average Bonchev–Trinajstić information content (AvgIpc) is 3.12. The van der Waals surface area contributed by atoms with Crippen LogP contribution in [0, 0.1) is 0 Å². The Kier molecular flexibility index (Phi) is 3.93. The smallest absolute Gasteiger partial charge is 0.274 e. The van der Waals surface area contributed by atoms with Gasteiger partial charge < -0.3 is 19.4 Å². The minimum Gasteiger partial charge on any atom is -0.493 e. The normalized spacial score (nSPS) is 10.8. The average molecular weight is 347 g/mol. The lowest BCUT2D eigenvalue weighted by Crippen LogP contribution is -2.11. The van der Waals surface area contributed by atoms with Gasteiger partial charge in [-0.3, -0.25) is 4.79 Å². The number of hydrogen-bond donors (Lipinski definition) is 2. The minimum absolute atomic E-state index is 0.263. The molecular formula is C20H17N3O3. The van der Waals surface area contributed by atoms with E-state index in [0.717, 1.165) is 16.5 Å². The van der Waals surface area contributed by atoms with Crippen molar-refractivity contribution in [2.24, 2.45) is 0 Å². The van der Waals surface area contributed by atoms with Gasteiger partial charge in [0, 0.05) is 34.4 Å². The lowest BCUT2D eigenvalue weighted by Gasteiger charge is -2.09. The SMILES string of the molecule is COc1ccc(-c2nc(-c3c[nH]c4ccccc34)c[nH]c2=O)cc1OC. The summed E-state index contributed by atoms with van der Waals surface area (Å²) >= 11 is 0. The fourth-order valence-corrected chi connectivity index (χ4v) is 3.01. The molecule has 0 saturated heterocycles. The van der Waals surface area contributed by atoms with Gasteiger partial charge in [-0.25, -0.2) is 4.98 Å². The number of nitrogens with zero attached hydrogens (tertiary/aromatic N) is 1. The van der Waals surface area contributed by atoms with Crippen molar-refractivity contribution in [3.05, 3.63) is 65.2 Å². The van der Waals surface area contributed by atoms with Crippen LogP contribution >= 0.6 is 0 Å². The fraction of sp³-hybridized carbons (Fsp3) is 0.100. The third-order valence-corrected chi connectivity index (χ3v) is 4.31. The number of nitrogens with one attached hydrogen (secondary N) is 2. The lowest BCUT2D eigenvalue weighted by molar-refractivity contribution is 0.355. The fourth-order valence-electron chi connectivity index (χ4n) is 3.01. The standard InChI is InChI=1S/C20H17N3O3/c1-25-17-8-7-12(9-18(17)26-2)19-20(24)22-11-16(23-19)14-10-21-15-6-4-3-5-13(14)15/h3-11,21H,1-2H3,(H,22,24). The van der Waals surface area contributed by atoms with Crippen molar-refractivity contribution < 1.29 is 9.47 Å². The second-order valence-corrected chi connectivity index (χ2v) is 5.78. The number of rotatable bonds is 4. The van der Waals surface area contributed by atoms with E-state index in [-0.39, 0.29) is 5.56 Å². The summed E-state index contributed by atoms with van der Waals surface area (Å²) in [5, 5.41) is 1.05. The number of hydrogen-bond acceptors (Lipinski definition) is 4. The molecule has 0 fully saturated rings. The van der Waals surface area contributed by atoms with Crippen molar-refractivity contribution in [3.63, 3.8) is 0 Å². The Morgan fingerprint density at radius 3 is 2.54 bits per heavy atom. The van der Waals surface area contributed by atoms with Crippen LogP contribution in [0.2, 0.25) is 0 Å². The summed E-state index contributed by atoms with van der Waals surface area (Å²) in [5.41, 5.74) is 3.36. The molecule has 0 unspecified atom stereocenters. The largest absolute Gasteiger partial charge is 0.493 e. The first-order valence-corrected chi connectivity index (χ1v) is 8.10. The van der Waals surface area contributed by atoms with Gasteiger partial charge in [0.05, 0.1) is 19.9 Å². The highest BCUT2D eigenvalue weighted by Crippen LogP contribution is 2.32. The van der Waals surface area contributed by atoms with E-state index in [1.165, 1.54) is 0 Å². The Morgan fingerprint density at radius 1 is 0.923 bits per heavy atom. The summed E-state index contributed by atoms with van der Waals surface area (Å²) in [6.07, 6.45) is 3.52. The zero-order valence-electron chi connectivity index (χ0n) is 14.4. The maximum atomic E-state index is 12.4. The number of H-pyrrole nitrogens is 2. The van der Waals surface area contributed by atoms with Crippen LogP contribution in [0.25, 0.3) is 33.4 Å². The molecule has 0 saturated carbocycles. The van der Waals surface area contributed by atoms with Crippen LogP contribution in [0.15, 0.2) is 59.7 Å². The topological polar surface area (TPSA) is 80.0 Å². The van der Waals surface area contributed by atoms with Gasteiger partial charge in [-0.15, -0.1) is 0 Å². The van der Waals surface area contributed by atoms with E-state index in [1.54, 1.807) is 38.6 Å². The van der Waals surface area contributed by atoms with E-state index in [2.05, 4.69) is 15.0 Å². The van der Waals surface area contributed by atoms with Gasteiger partial charge in [0.25, 0.3) is 5.56 Å². The number of para-hydroxylation sites is 1. The summed E-state index contributed by atoms with van der Waals surface area (Å²) in [7, 11) is 3.13. The molecule has 2 heterocycles. The second kappa shape index (κ2) is 6.40. The van der Waals surface area contributed by atoms with Gasteiger partial charge in [-0.05, 0) is 24.3 Å². The molecule has 26 heavy (non-hydrogen) atoms. The molecule has 2 N–H and O–H groups in total. The Bertz CT molecular complexity index is 1140. The van der Waals surface area contributed by atoms with Crippen molar-refractivity contribution in [2.75, 3.05) is 14.2 Å². The van der Waals surface area contributed by atoms with E-state index < -0.39 is 0 Å². The van der Waals surface area contributed by atoms with Crippen molar-refractivity contribution in [1.82, 2.24) is 15.0 Å². The van der Waals surface area contributed by atoms with Gasteiger partial charge in [0.15, 0.2) is 11.5 Å². The van der Waals surface area contributed by atoms with Gasteiger partial charge in [-0.1, -0.05) is 18.2 Å². The summed E-state index contributed by atoms with van der Waals surface area (Å²) in [6, 6.07) is 13.3. The zero-order valence-corrected chi connectivity index (χ0v) is 14.4. The second-order valence-electron chi connectivity index (χ2n) is 5.78. The van der Waals surface area contributed by atoms with E-state index in [1.807, 2.05) is 30.5 Å². The Balaban J connectivity index is 1.86. The van der Waals surface area contributed by atoms with Crippen LogP contribution in [-0.4, -0.2) is 29.2 Å². The number of aromatic nitrogens is 3. The van der Waals surface area contributed by atoms with Crippen molar-refractivity contribution in [2.45, 2.75) is 0 Å². The summed E-state index contributed by atoms with van der Waals surface area (Å²) in [4.78, 5) is 23.0. The van der Waals surface area contributed by atoms with Crippen LogP contribution in [0.4, 0.5) is 0 Å². The molecule has 0 aliphatic rings. The van der Waals surface area contributed by atoms with E-state index in [0.29, 0.717) is 28.5 Å². The summed E-state index contributed by atoms with van der Waals surface area (Å²) < 4.78 is 10.6. The first kappa shape index (κ1) is 16.0. The van der Waals surface area contributed by atoms with Crippen LogP contribution in [-0.2, 0) is 0 Å². The maximum absolute atomic E-state index is 12.4. The van der Waals surface area contributed by atoms with Crippen LogP contribution in [0.1, 0.15) is 0 Å². The highest BCUT2D eigenvalue weighted by atomic mass is 16.5. The summed E-state index contributed by atoms with van der Waals surface area (Å²) in [5.74, 6) is 1.14. The molecule has 0 spiro atoms. The van der Waals surface area contributed by atoms with E-state index >= 15 is 0 Å². The Labute approximate surface area is 149 Å². The minimum atomic E-state index is -0.263. The number of ether oxygens (including phenoxy) is 2. The molecule has 0 radical (unpaired) electrons. The van der Waals surface area contributed by atoms with Crippen LogP contribution in [0.3, 0.4) is 0 Å². The van der Waals surface area contributed by atoms with Gasteiger partial charge in [0.2, 0.25) is 0 Å². The van der Waals surface area contributed by atoms with Crippen molar-refractivity contribution >= 4 is 10.9 Å². The molecule has 6 nitrogen and oxygen atoms in total. The molecule has 6 heteroatoms. The molecule has 0 atom stereocenters. The summed E-state index contributed by atoms with van der Waals surface area (Å²) in [6.45, 7) is 0. The monoisotopic (exact) mass is 347 g/mol. The van der Waals surface area contributed by atoms with Crippen LogP contribution < -0.4 is 15.0 Å². The molecule has 0 bridgehead atoms. The molecule has 2 aromatic heterocycles. The highest BCUT2D eigenvalue weighted by Gasteiger charge is 2.13. The third kappa shape index (κ3) is 2.61. The quantitative estimate of drug-likeness (QED) is 0.591. The Morgan fingerprint density at radius 2 is 1.73 bits per heavy atom. The zero-order chi connectivity index (χ0) is 18.1. The molecule has 4 aromatic rings.